The number of aromatic nitrogens is 3. The fourth-order valence-corrected chi connectivity index (χ4v) is 4.17. The standard InChI is InChI=1S/C20H18N4OS2/c1-2-14-5-7-15(8-6-14)22-19(25)13-27-20-17-12-16(18-4-3-11-26-18)23-24(17)10-9-21-20/h3-12H,2,13H2,1H3,(H,22,25). The average molecular weight is 395 g/mol. The van der Waals surface area contributed by atoms with Crippen molar-refractivity contribution in [3.05, 3.63) is 65.8 Å². The number of nitrogens with one attached hydrogen (secondary N) is 1. The summed E-state index contributed by atoms with van der Waals surface area (Å²) >= 11 is 3.07. The molecule has 4 rings (SSSR count). The molecule has 3 aromatic heterocycles. The molecule has 0 fully saturated rings. The van der Waals surface area contributed by atoms with E-state index < -0.39 is 0 Å². The summed E-state index contributed by atoms with van der Waals surface area (Å²) in [6.45, 7) is 2.11. The molecule has 0 aliphatic carbocycles. The third-order valence-corrected chi connectivity index (χ3v) is 6.00. The minimum atomic E-state index is -0.0500. The second kappa shape index (κ2) is 7.94. The molecule has 1 N–H and O–H groups in total. The summed E-state index contributed by atoms with van der Waals surface area (Å²) in [6, 6.07) is 14.0. The number of hydrogen-bond acceptors (Lipinski definition) is 5. The zero-order valence-electron chi connectivity index (χ0n) is 14.8. The van der Waals surface area contributed by atoms with Gasteiger partial charge in [0.05, 0.1) is 16.1 Å². The van der Waals surface area contributed by atoms with Crippen LogP contribution in [0.2, 0.25) is 0 Å². The van der Waals surface area contributed by atoms with E-state index in [0.717, 1.165) is 33.2 Å². The first-order valence-corrected chi connectivity index (χ1v) is 10.5. The van der Waals surface area contributed by atoms with Gasteiger partial charge in [0.25, 0.3) is 0 Å². The fourth-order valence-electron chi connectivity index (χ4n) is 2.71. The SMILES string of the molecule is CCc1ccc(NC(=O)CSc2nccn3nc(-c4cccs4)cc23)cc1. The molecule has 0 bridgehead atoms. The van der Waals surface area contributed by atoms with Crippen LogP contribution >= 0.6 is 23.1 Å². The quantitative estimate of drug-likeness (QED) is 0.480. The lowest BCUT2D eigenvalue weighted by Gasteiger charge is -2.06. The van der Waals surface area contributed by atoms with Crippen LogP contribution in [0.15, 0.2) is 65.3 Å². The highest BCUT2D eigenvalue weighted by Crippen LogP contribution is 2.28. The van der Waals surface area contributed by atoms with E-state index in [0.29, 0.717) is 5.75 Å². The highest BCUT2D eigenvalue weighted by Gasteiger charge is 2.12. The van der Waals surface area contributed by atoms with Crippen LogP contribution in [-0.4, -0.2) is 26.3 Å². The van der Waals surface area contributed by atoms with E-state index in [1.807, 2.05) is 58.6 Å². The maximum atomic E-state index is 12.3. The third-order valence-electron chi connectivity index (χ3n) is 4.11. The number of fused-ring (bicyclic) bond motifs is 1. The Bertz CT molecular complexity index is 1060. The summed E-state index contributed by atoms with van der Waals surface area (Å²) in [5.74, 6) is 0.243. The van der Waals surface area contributed by atoms with Crippen molar-refractivity contribution in [3.63, 3.8) is 0 Å². The van der Waals surface area contributed by atoms with Crippen LogP contribution in [0, 0.1) is 0 Å². The van der Waals surface area contributed by atoms with Gasteiger partial charge < -0.3 is 5.32 Å². The van der Waals surface area contributed by atoms with Crippen LogP contribution in [0.5, 0.6) is 0 Å². The molecule has 4 aromatic rings. The minimum Gasteiger partial charge on any atom is -0.325 e. The van der Waals surface area contributed by atoms with Crippen molar-refractivity contribution >= 4 is 40.2 Å². The first kappa shape index (κ1) is 17.8. The maximum absolute atomic E-state index is 12.3. The summed E-state index contributed by atoms with van der Waals surface area (Å²) in [6.07, 6.45) is 4.52. The van der Waals surface area contributed by atoms with E-state index in [9.17, 15) is 4.79 Å². The predicted molar refractivity (Wildman–Crippen MR) is 111 cm³/mol. The van der Waals surface area contributed by atoms with Crippen LogP contribution in [0.25, 0.3) is 16.1 Å². The number of hydrogen-bond donors (Lipinski definition) is 1. The van der Waals surface area contributed by atoms with Gasteiger partial charge >= 0.3 is 0 Å². The van der Waals surface area contributed by atoms with Crippen molar-refractivity contribution in [3.8, 4) is 10.6 Å². The molecule has 0 radical (unpaired) electrons. The molecule has 0 aliphatic heterocycles. The summed E-state index contributed by atoms with van der Waals surface area (Å²) in [7, 11) is 0. The summed E-state index contributed by atoms with van der Waals surface area (Å²) in [5.41, 5.74) is 3.89. The lowest BCUT2D eigenvalue weighted by Crippen LogP contribution is -2.14. The normalized spacial score (nSPS) is 11.0. The molecule has 5 nitrogen and oxygen atoms in total. The monoisotopic (exact) mass is 394 g/mol. The number of carbonyl (C=O) groups is 1. The Morgan fingerprint density at radius 1 is 1.26 bits per heavy atom. The Morgan fingerprint density at radius 2 is 2.11 bits per heavy atom. The summed E-state index contributed by atoms with van der Waals surface area (Å²) in [5, 5.41) is 10.4. The Labute approximate surface area is 165 Å². The van der Waals surface area contributed by atoms with E-state index in [1.54, 1.807) is 17.5 Å². The van der Waals surface area contributed by atoms with E-state index in [4.69, 9.17) is 0 Å². The minimum absolute atomic E-state index is 0.0500. The van der Waals surface area contributed by atoms with Crippen LogP contribution in [0.3, 0.4) is 0 Å². The molecule has 27 heavy (non-hydrogen) atoms. The van der Waals surface area contributed by atoms with E-state index in [1.165, 1.54) is 17.3 Å². The summed E-state index contributed by atoms with van der Waals surface area (Å²) < 4.78 is 1.81. The van der Waals surface area contributed by atoms with Crippen LogP contribution in [0.1, 0.15) is 12.5 Å². The zero-order chi connectivity index (χ0) is 18.6. The zero-order valence-corrected chi connectivity index (χ0v) is 16.4. The van der Waals surface area contributed by atoms with Gasteiger partial charge in [0.15, 0.2) is 0 Å². The number of anilines is 1. The van der Waals surface area contributed by atoms with Crippen LogP contribution in [0.4, 0.5) is 5.69 Å². The molecule has 1 amide bonds. The van der Waals surface area contributed by atoms with Crippen molar-refractivity contribution in [2.45, 2.75) is 18.4 Å². The molecule has 0 spiro atoms. The van der Waals surface area contributed by atoms with Gasteiger partial charge in [-0.2, -0.15) is 5.10 Å². The Morgan fingerprint density at radius 3 is 2.85 bits per heavy atom. The van der Waals surface area contributed by atoms with E-state index >= 15 is 0 Å². The lowest BCUT2D eigenvalue weighted by molar-refractivity contribution is -0.113. The molecule has 0 saturated carbocycles. The largest absolute Gasteiger partial charge is 0.325 e. The van der Waals surface area contributed by atoms with Crippen molar-refractivity contribution in [2.75, 3.05) is 11.1 Å². The lowest BCUT2D eigenvalue weighted by atomic mass is 10.1. The van der Waals surface area contributed by atoms with Gasteiger partial charge in [-0.05, 0) is 41.6 Å². The molecule has 3 heterocycles. The van der Waals surface area contributed by atoms with Crippen molar-refractivity contribution in [1.82, 2.24) is 14.6 Å². The number of aryl methyl sites for hydroxylation is 1. The van der Waals surface area contributed by atoms with Crippen molar-refractivity contribution < 1.29 is 4.79 Å². The topological polar surface area (TPSA) is 59.3 Å². The second-order valence-corrected chi connectivity index (χ2v) is 7.87. The first-order chi connectivity index (χ1) is 13.2. The number of nitrogens with zero attached hydrogens (tertiary/aromatic N) is 3. The van der Waals surface area contributed by atoms with E-state index in [2.05, 4.69) is 22.3 Å². The molecule has 0 unspecified atom stereocenters. The predicted octanol–water partition coefficient (Wildman–Crippen LogP) is 4.75. The number of benzene rings is 1. The van der Waals surface area contributed by atoms with Crippen molar-refractivity contribution in [2.24, 2.45) is 0 Å². The maximum Gasteiger partial charge on any atom is 0.234 e. The Hall–Kier alpha value is -2.64. The van der Waals surface area contributed by atoms with Gasteiger partial charge in [-0.15, -0.1) is 11.3 Å². The van der Waals surface area contributed by atoms with Crippen molar-refractivity contribution in [1.29, 1.82) is 0 Å². The Kier molecular flexibility index (Phi) is 5.22. The highest BCUT2D eigenvalue weighted by molar-refractivity contribution is 8.00. The number of amides is 1. The highest BCUT2D eigenvalue weighted by atomic mass is 32.2. The molecule has 1 aromatic carbocycles. The molecule has 0 saturated heterocycles. The number of carbonyl (C=O) groups excluding carboxylic acids is 1. The van der Waals surface area contributed by atoms with Crippen LogP contribution < -0.4 is 5.32 Å². The second-order valence-electron chi connectivity index (χ2n) is 5.96. The fraction of sp³-hybridized carbons (Fsp3) is 0.150. The third kappa shape index (κ3) is 4.04. The molecule has 7 heteroatoms. The molecular weight excluding hydrogens is 376 g/mol. The first-order valence-electron chi connectivity index (χ1n) is 8.63. The van der Waals surface area contributed by atoms with Gasteiger partial charge in [-0.25, -0.2) is 9.50 Å². The molecule has 136 valence electrons. The van der Waals surface area contributed by atoms with Gasteiger partial charge in [0.2, 0.25) is 5.91 Å². The number of thioether (sulfide) groups is 1. The molecule has 0 aliphatic rings. The van der Waals surface area contributed by atoms with Gasteiger partial charge in [-0.3, -0.25) is 4.79 Å². The van der Waals surface area contributed by atoms with E-state index in [-0.39, 0.29) is 5.91 Å². The smallest absolute Gasteiger partial charge is 0.234 e. The summed E-state index contributed by atoms with van der Waals surface area (Å²) in [4.78, 5) is 17.8. The number of thiophene rings is 1. The number of rotatable bonds is 6. The van der Waals surface area contributed by atoms with Crippen LogP contribution in [-0.2, 0) is 11.2 Å². The average Bonchev–Trinajstić information content (AvgIpc) is 3.36. The van der Waals surface area contributed by atoms with Gasteiger partial charge in [0, 0.05) is 18.1 Å². The van der Waals surface area contributed by atoms with Gasteiger partial charge in [0.1, 0.15) is 10.7 Å². The van der Waals surface area contributed by atoms with Gasteiger partial charge in [-0.1, -0.05) is 36.9 Å². The molecule has 0 atom stereocenters. The molecular formula is C20H18N4OS2. The Balaban J connectivity index is 1.45.